The van der Waals surface area contributed by atoms with Gasteiger partial charge < -0.3 is 5.11 Å². The fourth-order valence-electron chi connectivity index (χ4n) is 2.43. The van der Waals surface area contributed by atoms with Gasteiger partial charge in [-0.3, -0.25) is 4.79 Å². The van der Waals surface area contributed by atoms with Crippen LogP contribution in [0.4, 0.5) is 0 Å². The number of rotatable bonds is 5. The van der Waals surface area contributed by atoms with Gasteiger partial charge in [0.2, 0.25) is 0 Å². The summed E-state index contributed by atoms with van der Waals surface area (Å²) < 4.78 is 28.1. The Labute approximate surface area is 124 Å². The van der Waals surface area contributed by atoms with E-state index in [-0.39, 0.29) is 10.6 Å². The lowest BCUT2D eigenvalue weighted by Crippen LogP contribution is -2.47. The minimum atomic E-state index is -3.65. The van der Waals surface area contributed by atoms with Crippen LogP contribution in [0.5, 0.6) is 0 Å². The third-order valence-electron chi connectivity index (χ3n) is 3.21. The third-order valence-corrected chi connectivity index (χ3v) is 6.91. The first-order chi connectivity index (χ1) is 8.83. The monoisotopic (exact) mass is 367 g/mol. The van der Waals surface area contributed by atoms with E-state index in [1.807, 2.05) is 0 Å². The molecule has 19 heavy (non-hydrogen) atoms. The summed E-state index contributed by atoms with van der Waals surface area (Å²) >= 11 is 4.34. The Hall–Kier alpha value is -0.440. The van der Waals surface area contributed by atoms with E-state index in [0.717, 1.165) is 28.0 Å². The lowest BCUT2D eigenvalue weighted by molar-refractivity contribution is -0.138. The molecule has 0 atom stereocenters. The molecule has 0 unspecified atom stereocenters. The quantitative estimate of drug-likeness (QED) is 0.837. The molecule has 0 amide bonds. The molecule has 2 rings (SSSR count). The molecule has 1 aromatic rings. The van der Waals surface area contributed by atoms with Crippen molar-refractivity contribution >= 4 is 43.3 Å². The van der Waals surface area contributed by atoms with Crippen molar-refractivity contribution in [1.82, 2.24) is 4.72 Å². The number of hydrogen-bond acceptors (Lipinski definition) is 4. The average Bonchev–Trinajstić information content (AvgIpc) is 2.86. The van der Waals surface area contributed by atoms with Crippen molar-refractivity contribution in [3.63, 3.8) is 0 Å². The molecular weight excluding hydrogens is 354 g/mol. The maximum Gasteiger partial charge on any atom is 0.305 e. The first-order valence-corrected chi connectivity index (χ1v) is 8.93. The van der Waals surface area contributed by atoms with Gasteiger partial charge in [0.15, 0.2) is 0 Å². The molecule has 2 N–H and O–H groups in total. The van der Waals surface area contributed by atoms with E-state index in [9.17, 15) is 13.2 Å². The smallest absolute Gasteiger partial charge is 0.305 e. The Balaban J connectivity index is 2.24. The predicted octanol–water partition coefficient (Wildman–Crippen LogP) is 2.58. The molecule has 0 aromatic carbocycles. The van der Waals surface area contributed by atoms with Crippen LogP contribution < -0.4 is 4.72 Å². The molecule has 5 nitrogen and oxygen atoms in total. The molecule has 1 aliphatic rings. The minimum Gasteiger partial charge on any atom is -0.481 e. The molecule has 0 aliphatic heterocycles. The van der Waals surface area contributed by atoms with E-state index in [2.05, 4.69) is 20.7 Å². The summed E-state index contributed by atoms with van der Waals surface area (Å²) in [5.74, 6) is -0.975. The van der Waals surface area contributed by atoms with Crippen LogP contribution in [-0.4, -0.2) is 25.0 Å². The lowest BCUT2D eigenvalue weighted by Gasteiger charge is -2.27. The molecule has 0 radical (unpaired) electrons. The number of sulfonamides is 1. The van der Waals surface area contributed by atoms with E-state index in [0.29, 0.717) is 12.8 Å². The van der Waals surface area contributed by atoms with Crippen molar-refractivity contribution in [2.24, 2.45) is 0 Å². The molecule has 8 heteroatoms. The largest absolute Gasteiger partial charge is 0.481 e. The number of carboxylic acid groups (broad SMARTS) is 1. The van der Waals surface area contributed by atoms with Crippen LogP contribution in [0.15, 0.2) is 20.1 Å². The van der Waals surface area contributed by atoms with Crippen molar-refractivity contribution in [2.45, 2.75) is 41.9 Å². The maximum absolute atomic E-state index is 12.3. The number of aliphatic carboxylic acids is 1. The van der Waals surface area contributed by atoms with Gasteiger partial charge in [0, 0.05) is 5.54 Å². The van der Waals surface area contributed by atoms with E-state index in [1.165, 1.54) is 6.07 Å². The van der Waals surface area contributed by atoms with Crippen molar-refractivity contribution in [2.75, 3.05) is 0 Å². The highest BCUT2D eigenvalue weighted by molar-refractivity contribution is 9.11. The summed E-state index contributed by atoms with van der Waals surface area (Å²) in [6.45, 7) is 0. The Morgan fingerprint density at radius 2 is 2.05 bits per heavy atom. The fourth-order valence-corrected chi connectivity index (χ4v) is 5.90. The van der Waals surface area contributed by atoms with Crippen molar-refractivity contribution < 1.29 is 18.3 Å². The van der Waals surface area contributed by atoms with Crippen LogP contribution in [-0.2, 0) is 14.8 Å². The predicted molar refractivity (Wildman–Crippen MR) is 75.8 cm³/mol. The zero-order chi connectivity index (χ0) is 14.1. The normalized spacial score (nSPS) is 18.6. The highest BCUT2D eigenvalue weighted by Gasteiger charge is 2.40. The zero-order valence-electron chi connectivity index (χ0n) is 10.1. The number of thiophene rings is 1. The summed E-state index contributed by atoms with van der Waals surface area (Å²) in [6.07, 6.45) is 2.68. The first-order valence-electron chi connectivity index (χ1n) is 5.84. The van der Waals surface area contributed by atoms with Crippen LogP contribution in [0.3, 0.4) is 0 Å². The van der Waals surface area contributed by atoms with Crippen LogP contribution in [0, 0.1) is 0 Å². The minimum absolute atomic E-state index is 0.168. The molecule has 1 aliphatic carbocycles. The van der Waals surface area contributed by atoms with Gasteiger partial charge in [-0.2, -0.15) is 0 Å². The number of halogens is 1. The van der Waals surface area contributed by atoms with Gasteiger partial charge in [-0.15, -0.1) is 11.3 Å². The molecule has 1 heterocycles. The van der Waals surface area contributed by atoms with Crippen molar-refractivity contribution in [3.8, 4) is 0 Å². The maximum atomic E-state index is 12.3. The highest BCUT2D eigenvalue weighted by Crippen LogP contribution is 2.35. The third kappa shape index (κ3) is 3.56. The van der Waals surface area contributed by atoms with Gasteiger partial charge in [-0.1, -0.05) is 12.8 Å². The summed E-state index contributed by atoms with van der Waals surface area (Å²) in [6, 6.07) is 3.18. The highest BCUT2D eigenvalue weighted by atomic mass is 79.9. The second-order valence-electron chi connectivity index (χ2n) is 4.72. The molecular formula is C11H14BrNO4S2. The van der Waals surface area contributed by atoms with E-state index >= 15 is 0 Å². The second kappa shape index (κ2) is 5.51. The molecule has 1 aromatic heterocycles. The lowest BCUT2D eigenvalue weighted by atomic mass is 9.95. The van der Waals surface area contributed by atoms with Gasteiger partial charge in [0.25, 0.3) is 10.0 Å². The van der Waals surface area contributed by atoms with Crippen molar-refractivity contribution in [3.05, 3.63) is 15.9 Å². The summed E-state index contributed by atoms with van der Waals surface area (Å²) in [7, 11) is -3.65. The topological polar surface area (TPSA) is 83.5 Å². The van der Waals surface area contributed by atoms with Crippen LogP contribution in [0.1, 0.15) is 32.1 Å². The van der Waals surface area contributed by atoms with Crippen LogP contribution in [0.25, 0.3) is 0 Å². The second-order valence-corrected chi connectivity index (χ2v) is 9.09. The summed E-state index contributed by atoms with van der Waals surface area (Å²) in [5.41, 5.74) is -0.832. The fraction of sp³-hybridized carbons (Fsp3) is 0.545. The van der Waals surface area contributed by atoms with Crippen LogP contribution in [0.2, 0.25) is 0 Å². The van der Waals surface area contributed by atoms with E-state index < -0.39 is 21.5 Å². The Morgan fingerprint density at radius 1 is 1.42 bits per heavy atom. The SMILES string of the molecule is O=C(O)CC1(NS(=O)(=O)c2ccc(Br)s2)CCCC1. The molecule has 1 saturated carbocycles. The van der Waals surface area contributed by atoms with E-state index in [1.54, 1.807) is 6.07 Å². The standard InChI is InChI=1S/C11H14BrNO4S2/c12-8-3-4-10(18-8)19(16,17)13-11(7-9(14)15)5-1-2-6-11/h3-4,13H,1-2,5-7H2,(H,14,15). The molecule has 0 spiro atoms. The summed E-state index contributed by atoms with van der Waals surface area (Å²) in [5, 5.41) is 8.97. The van der Waals surface area contributed by atoms with Gasteiger partial charge in [-0.25, -0.2) is 13.1 Å². The van der Waals surface area contributed by atoms with Gasteiger partial charge in [0.1, 0.15) is 4.21 Å². The number of carbonyl (C=O) groups is 1. The Kier molecular flexibility index (Phi) is 4.34. The zero-order valence-corrected chi connectivity index (χ0v) is 13.3. The van der Waals surface area contributed by atoms with Gasteiger partial charge >= 0.3 is 5.97 Å². The molecule has 106 valence electrons. The Morgan fingerprint density at radius 3 is 2.53 bits per heavy atom. The van der Waals surface area contributed by atoms with Crippen LogP contribution >= 0.6 is 27.3 Å². The number of hydrogen-bond donors (Lipinski definition) is 2. The molecule has 1 fully saturated rings. The number of nitrogens with one attached hydrogen (secondary N) is 1. The average molecular weight is 368 g/mol. The van der Waals surface area contributed by atoms with Gasteiger partial charge in [0.05, 0.1) is 10.2 Å². The Bertz CT molecular complexity index is 575. The molecule has 0 saturated heterocycles. The number of carboxylic acids is 1. The van der Waals surface area contributed by atoms with Gasteiger partial charge in [-0.05, 0) is 40.9 Å². The van der Waals surface area contributed by atoms with E-state index in [4.69, 9.17) is 5.11 Å². The van der Waals surface area contributed by atoms with Crippen molar-refractivity contribution in [1.29, 1.82) is 0 Å². The first kappa shape index (κ1) is 15.0. The molecule has 0 bridgehead atoms. The summed E-state index contributed by atoms with van der Waals surface area (Å²) in [4.78, 5) is 10.9.